The normalized spacial score (nSPS) is 19.2. The topological polar surface area (TPSA) is 109 Å². The largest absolute Gasteiger partial charge is 0.405 e. The van der Waals surface area contributed by atoms with Gasteiger partial charge in [0.05, 0.1) is 12.1 Å². The van der Waals surface area contributed by atoms with Gasteiger partial charge in [-0.15, -0.1) is 0 Å². The van der Waals surface area contributed by atoms with Gasteiger partial charge in [-0.05, 0) is 13.8 Å². The zero-order chi connectivity index (χ0) is 10.5. The van der Waals surface area contributed by atoms with Crippen molar-refractivity contribution in [2.75, 3.05) is 0 Å². The molecule has 7 heteroatoms. The molecule has 0 aliphatic rings. The van der Waals surface area contributed by atoms with E-state index in [1.807, 2.05) is 0 Å². The number of hydrogen-bond acceptors (Lipinski definition) is 5. The summed E-state index contributed by atoms with van der Waals surface area (Å²) in [5.74, 6) is 0. The number of rotatable bonds is 4. The maximum absolute atomic E-state index is 11.2. The summed E-state index contributed by atoms with van der Waals surface area (Å²) in [5.41, 5.74) is 5.08. The third-order valence-electron chi connectivity index (χ3n) is 0.974. The van der Waals surface area contributed by atoms with Gasteiger partial charge in [0.2, 0.25) is 0 Å². The Morgan fingerprint density at radius 2 is 1.54 bits per heavy atom. The summed E-state index contributed by atoms with van der Waals surface area (Å²) in [7, 11) is -3.78. The smallest absolute Gasteiger partial charge is 0.278 e. The van der Waals surface area contributed by atoms with Crippen LogP contribution in [0.2, 0.25) is 0 Å². The van der Waals surface area contributed by atoms with Crippen molar-refractivity contribution >= 4 is 7.75 Å². The molecule has 2 atom stereocenters. The third-order valence-corrected chi connectivity index (χ3v) is 2.19. The Bertz CT molecular complexity index is 266. The molecule has 0 saturated carbocycles. The van der Waals surface area contributed by atoms with Gasteiger partial charge in [0.25, 0.3) is 0 Å². The molecule has 0 aromatic rings. The van der Waals surface area contributed by atoms with Gasteiger partial charge >= 0.3 is 7.75 Å². The standard InChI is InChI=1S/C6H10N3O3P/c1-5(3-7)11-13(9,10)12-6(2)4-8/h5-6H,1-2H3,(H2,9,10). The minimum absolute atomic E-state index is 0.929. The fourth-order valence-corrected chi connectivity index (χ4v) is 1.54. The maximum atomic E-state index is 11.2. The molecule has 0 spiro atoms. The average Bonchev–Trinajstić information content (AvgIpc) is 2.02. The molecule has 2 N–H and O–H groups in total. The summed E-state index contributed by atoms with van der Waals surface area (Å²) in [6, 6.07) is 3.35. The van der Waals surface area contributed by atoms with Crippen LogP contribution < -0.4 is 5.50 Å². The van der Waals surface area contributed by atoms with Crippen molar-refractivity contribution in [3.05, 3.63) is 0 Å². The summed E-state index contributed by atoms with van der Waals surface area (Å²) < 4.78 is 20.3. The lowest BCUT2D eigenvalue weighted by atomic mass is 10.5. The summed E-state index contributed by atoms with van der Waals surface area (Å²) in [6.45, 7) is 2.75. The second-order valence-corrected chi connectivity index (χ2v) is 3.79. The molecule has 0 radical (unpaired) electrons. The first kappa shape index (κ1) is 12.1. The number of nitrogens with zero attached hydrogens (tertiary/aromatic N) is 2. The Kier molecular flexibility index (Phi) is 4.61. The number of hydrogen-bond donors (Lipinski definition) is 1. The molecule has 0 saturated heterocycles. The molecule has 6 nitrogen and oxygen atoms in total. The van der Waals surface area contributed by atoms with E-state index in [-0.39, 0.29) is 0 Å². The molecule has 0 aromatic carbocycles. The van der Waals surface area contributed by atoms with Gasteiger partial charge in [0.1, 0.15) is 0 Å². The second kappa shape index (κ2) is 4.96. The van der Waals surface area contributed by atoms with Gasteiger partial charge in [0.15, 0.2) is 12.2 Å². The van der Waals surface area contributed by atoms with E-state index < -0.39 is 20.0 Å². The molecular weight excluding hydrogens is 193 g/mol. The van der Waals surface area contributed by atoms with E-state index in [4.69, 9.17) is 16.0 Å². The molecule has 72 valence electrons. The number of nitriles is 2. The predicted octanol–water partition coefficient (Wildman–Crippen LogP) is 0.911. The van der Waals surface area contributed by atoms with Gasteiger partial charge in [0, 0.05) is 0 Å². The summed E-state index contributed by atoms with van der Waals surface area (Å²) in [4.78, 5) is 0. The van der Waals surface area contributed by atoms with Crippen LogP contribution in [-0.4, -0.2) is 12.2 Å². The van der Waals surface area contributed by atoms with Crippen molar-refractivity contribution in [3.63, 3.8) is 0 Å². The van der Waals surface area contributed by atoms with Crippen LogP contribution in [0.5, 0.6) is 0 Å². The Labute approximate surface area is 76.4 Å². The van der Waals surface area contributed by atoms with Crippen LogP contribution >= 0.6 is 7.75 Å². The Balaban J connectivity index is 4.20. The zero-order valence-corrected chi connectivity index (χ0v) is 8.19. The first-order chi connectivity index (χ1) is 5.91. The van der Waals surface area contributed by atoms with Crippen molar-refractivity contribution in [2.45, 2.75) is 26.1 Å². The van der Waals surface area contributed by atoms with E-state index in [0.717, 1.165) is 0 Å². The van der Waals surface area contributed by atoms with Gasteiger partial charge in [-0.1, -0.05) is 0 Å². The van der Waals surface area contributed by atoms with Gasteiger partial charge < -0.3 is 0 Å². The molecule has 0 fully saturated rings. The van der Waals surface area contributed by atoms with Crippen molar-refractivity contribution in [1.29, 1.82) is 10.5 Å². The van der Waals surface area contributed by atoms with Crippen LogP contribution in [0.3, 0.4) is 0 Å². The molecule has 0 aliphatic carbocycles. The van der Waals surface area contributed by atoms with E-state index in [1.165, 1.54) is 13.8 Å². The van der Waals surface area contributed by atoms with Crippen molar-refractivity contribution in [1.82, 2.24) is 0 Å². The average molecular weight is 203 g/mol. The first-order valence-electron chi connectivity index (χ1n) is 3.46. The van der Waals surface area contributed by atoms with Gasteiger partial charge in [-0.25, -0.2) is 10.1 Å². The monoisotopic (exact) mass is 203 g/mol. The molecule has 0 rings (SSSR count). The molecule has 0 amide bonds. The van der Waals surface area contributed by atoms with Crippen LogP contribution in [0.25, 0.3) is 0 Å². The van der Waals surface area contributed by atoms with Crippen LogP contribution in [0.4, 0.5) is 0 Å². The number of nitrogens with two attached hydrogens (primary N) is 1. The van der Waals surface area contributed by atoms with Gasteiger partial charge in [-0.3, -0.25) is 9.05 Å². The van der Waals surface area contributed by atoms with Crippen molar-refractivity contribution in [2.24, 2.45) is 5.50 Å². The second-order valence-electron chi connectivity index (χ2n) is 2.29. The van der Waals surface area contributed by atoms with Crippen LogP contribution in [0, 0.1) is 22.7 Å². The third kappa shape index (κ3) is 5.35. The molecular formula is C6H10N3O3P. The minimum Gasteiger partial charge on any atom is -0.278 e. The molecule has 0 heterocycles. The lowest BCUT2D eigenvalue weighted by Gasteiger charge is -2.15. The fourth-order valence-electron chi connectivity index (χ4n) is 0.513. The van der Waals surface area contributed by atoms with Crippen molar-refractivity contribution < 1.29 is 13.6 Å². The van der Waals surface area contributed by atoms with E-state index >= 15 is 0 Å². The molecule has 0 aliphatic heterocycles. The Hall–Kier alpha value is -0.910. The molecule has 2 unspecified atom stereocenters. The van der Waals surface area contributed by atoms with Crippen LogP contribution in [-0.2, 0) is 13.6 Å². The van der Waals surface area contributed by atoms with Crippen molar-refractivity contribution in [3.8, 4) is 12.1 Å². The Morgan fingerprint density at radius 3 is 1.77 bits per heavy atom. The SMILES string of the molecule is CC(C#N)OP(N)(=O)OC(C)C#N. The Morgan fingerprint density at radius 1 is 1.23 bits per heavy atom. The quantitative estimate of drug-likeness (QED) is 0.680. The first-order valence-corrected chi connectivity index (χ1v) is 5.07. The zero-order valence-electron chi connectivity index (χ0n) is 7.30. The van der Waals surface area contributed by atoms with E-state index in [2.05, 4.69) is 9.05 Å². The van der Waals surface area contributed by atoms with E-state index in [9.17, 15) is 4.57 Å². The summed E-state index contributed by atoms with van der Waals surface area (Å²) in [5, 5.41) is 16.6. The summed E-state index contributed by atoms with van der Waals surface area (Å²) in [6.07, 6.45) is -1.86. The van der Waals surface area contributed by atoms with E-state index in [1.54, 1.807) is 12.1 Å². The van der Waals surface area contributed by atoms with Gasteiger partial charge in [-0.2, -0.15) is 10.5 Å². The minimum atomic E-state index is -3.78. The van der Waals surface area contributed by atoms with Crippen LogP contribution in [0.15, 0.2) is 0 Å². The molecule has 13 heavy (non-hydrogen) atoms. The fraction of sp³-hybridized carbons (Fsp3) is 0.667. The van der Waals surface area contributed by atoms with E-state index in [0.29, 0.717) is 0 Å². The highest BCUT2D eigenvalue weighted by atomic mass is 31.2. The molecule has 0 aromatic heterocycles. The lowest BCUT2D eigenvalue weighted by molar-refractivity contribution is 0.170. The summed E-state index contributed by atoms with van der Waals surface area (Å²) >= 11 is 0. The highest BCUT2D eigenvalue weighted by Gasteiger charge is 2.24. The highest BCUT2D eigenvalue weighted by molar-refractivity contribution is 7.51. The highest BCUT2D eigenvalue weighted by Crippen LogP contribution is 2.41. The lowest BCUT2D eigenvalue weighted by Crippen LogP contribution is -2.14. The van der Waals surface area contributed by atoms with Crippen LogP contribution in [0.1, 0.15) is 13.8 Å². The molecule has 0 bridgehead atoms. The predicted molar refractivity (Wildman–Crippen MR) is 44.1 cm³/mol. The maximum Gasteiger partial charge on any atom is 0.405 e.